The van der Waals surface area contributed by atoms with Crippen LogP contribution in [0.4, 0.5) is 0 Å². The number of likely N-dealkylation sites (tertiary alicyclic amines) is 1. The minimum Gasteiger partial charge on any atom is -0.380 e. The van der Waals surface area contributed by atoms with Gasteiger partial charge < -0.3 is 9.64 Å². The molecule has 2 aliphatic rings. The third kappa shape index (κ3) is 3.19. The topological polar surface area (TPSA) is 58.6 Å². The molecule has 0 spiro atoms. The number of thiazole rings is 1. The van der Waals surface area contributed by atoms with E-state index in [2.05, 4.69) is 14.9 Å². The number of rotatable bonds is 5. The van der Waals surface area contributed by atoms with Gasteiger partial charge in [-0.25, -0.2) is 4.98 Å². The van der Waals surface area contributed by atoms with E-state index in [0.717, 1.165) is 30.3 Å². The highest BCUT2D eigenvalue weighted by Crippen LogP contribution is 2.43. The lowest BCUT2D eigenvalue weighted by Crippen LogP contribution is -2.47. The first-order valence-corrected chi connectivity index (χ1v) is 9.39. The van der Waals surface area contributed by atoms with Crippen molar-refractivity contribution in [3.63, 3.8) is 0 Å². The summed E-state index contributed by atoms with van der Waals surface area (Å²) in [6.45, 7) is 4.15. The highest BCUT2D eigenvalue weighted by molar-refractivity contribution is 7.09. The van der Waals surface area contributed by atoms with Gasteiger partial charge in [0.15, 0.2) is 0 Å². The molecule has 0 radical (unpaired) electrons. The van der Waals surface area contributed by atoms with Crippen molar-refractivity contribution in [3.05, 3.63) is 46.7 Å². The second kappa shape index (κ2) is 6.82. The Kier molecular flexibility index (Phi) is 4.54. The molecule has 132 valence electrons. The molecule has 7 heteroatoms. The zero-order valence-corrected chi connectivity index (χ0v) is 15.1. The van der Waals surface area contributed by atoms with Gasteiger partial charge in [-0.05, 0) is 12.1 Å². The van der Waals surface area contributed by atoms with Crippen molar-refractivity contribution in [2.75, 3.05) is 33.4 Å². The predicted molar refractivity (Wildman–Crippen MR) is 94.8 cm³/mol. The number of hydrogen-bond donors (Lipinski definition) is 0. The molecule has 25 heavy (non-hydrogen) atoms. The predicted octanol–water partition coefficient (Wildman–Crippen LogP) is 1.65. The number of amides is 1. The zero-order chi connectivity index (χ0) is 17.3. The van der Waals surface area contributed by atoms with Gasteiger partial charge in [-0.2, -0.15) is 0 Å². The van der Waals surface area contributed by atoms with E-state index in [-0.39, 0.29) is 11.8 Å². The van der Waals surface area contributed by atoms with E-state index in [1.807, 2.05) is 36.8 Å². The number of hydrogen-bond acceptors (Lipinski definition) is 6. The van der Waals surface area contributed by atoms with E-state index in [1.54, 1.807) is 22.4 Å². The normalized spacial score (nSPS) is 25.9. The molecule has 2 aliphatic heterocycles. The molecule has 0 bridgehead atoms. The van der Waals surface area contributed by atoms with Gasteiger partial charge in [0.05, 0.1) is 37.4 Å². The minimum absolute atomic E-state index is 0.169. The number of carbonyl (C=O) groups excluding carboxylic acids is 1. The molecular weight excluding hydrogens is 336 g/mol. The second-order valence-electron chi connectivity index (χ2n) is 6.95. The number of pyridine rings is 1. The lowest BCUT2D eigenvalue weighted by Gasteiger charge is -2.31. The van der Waals surface area contributed by atoms with E-state index in [0.29, 0.717) is 19.8 Å². The van der Waals surface area contributed by atoms with Crippen LogP contribution in [0.15, 0.2) is 36.0 Å². The monoisotopic (exact) mass is 358 g/mol. The SMILES string of the molecule is CN(Cc1ccccn1)C(=O)[C@]12COC[C@H]1CN(Cc1nccs1)C2. The Labute approximate surface area is 151 Å². The number of fused-ring (bicyclic) bond motifs is 1. The van der Waals surface area contributed by atoms with Crippen molar-refractivity contribution in [1.82, 2.24) is 19.8 Å². The lowest BCUT2D eigenvalue weighted by atomic mass is 9.79. The smallest absolute Gasteiger partial charge is 0.232 e. The largest absolute Gasteiger partial charge is 0.380 e. The van der Waals surface area contributed by atoms with Gasteiger partial charge in [0.1, 0.15) is 5.01 Å². The molecule has 0 unspecified atom stereocenters. The minimum atomic E-state index is -0.430. The summed E-state index contributed by atoms with van der Waals surface area (Å²) in [4.78, 5) is 26.1. The van der Waals surface area contributed by atoms with Crippen LogP contribution in [0.2, 0.25) is 0 Å². The summed E-state index contributed by atoms with van der Waals surface area (Å²) >= 11 is 1.67. The van der Waals surface area contributed by atoms with Gasteiger partial charge in [0.2, 0.25) is 5.91 Å². The van der Waals surface area contributed by atoms with Gasteiger partial charge in [0.25, 0.3) is 0 Å². The lowest BCUT2D eigenvalue weighted by molar-refractivity contribution is -0.142. The Morgan fingerprint density at radius 3 is 3.12 bits per heavy atom. The van der Waals surface area contributed by atoms with Gasteiger partial charge in [-0.3, -0.25) is 14.7 Å². The van der Waals surface area contributed by atoms with E-state index >= 15 is 0 Å². The first-order chi connectivity index (χ1) is 12.2. The van der Waals surface area contributed by atoms with E-state index in [1.165, 1.54) is 0 Å². The Morgan fingerprint density at radius 2 is 2.36 bits per heavy atom. The van der Waals surface area contributed by atoms with Crippen molar-refractivity contribution >= 4 is 17.2 Å². The van der Waals surface area contributed by atoms with Crippen LogP contribution in [0.1, 0.15) is 10.7 Å². The van der Waals surface area contributed by atoms with Crippen LogP contribution >= 0.6 is 11.3 Å². The van der Waals surface area contributed by atoms with Crippen molar-refractivity contribution < 1.29 is 9.53 Å². The molecule has 2 aromatic heterocycles. The summed E-state index contributed by atoms with van der Waals surface area (Å²) < 4.78 is 5.72. The molecule has 0 N–H and O–H groups in total. The van der Waals surface area contributed by atoms with Crippen molar-refractivity contribution in [2.24, 2.45) is 11.3 Å². The van der Waals surface area contributed by atoms with Crippen LogP contribution in [0.3, 0.4) is 0 Å². The number of ether oxygens (including phenoxy) is 1. The molecule has 2 atom stereocenters. The van der Waals surface area contributed by atoms with Crippen molar-refractivity contribution in [2.45, 2.75) is 13.1 Å². The van der Waals surface area contributed by atoms with Gasteiger partial charge in [-0.1, -0.05) is 6.07 Å². The molecule has 0 aromatic carbocycles. The van der Waals surface area contributed by atoms with E-state index < -0.39 is 5.41 Å². The average molecular weight is 358 g/mol. The number of carbonyl (C=O) groups is 1. The maximum Gasteiger partial charge on any atom is 0.232 e. The zero-order valence-electron chi connectivity index (χ0n) is 14.3. The molecule has 1 amide bonds. The summed E-state index contributed by atoms with van der Waals surface area (Å²) in [6, 6.07) is 5.79. The third-order valence-electron chi connectivity index (χ3n) is 5.18. The maximum atomic E-state index is 13.3. The van der Waals surface area contributed by atoms with Crippen LogP contribution in [-0.2, 0) is 22.6 Å². The summed E-state index contributed by atoms with van der Waals surface area (Å²) in [5.74, 6) is 0.424. The second-order valence-corrected chi connectivity index (χ2v) is 7.93. The molecule has 2 aromatic rings. The fourth-order valence-electron chi connectivity index (χ4n) is 3.97. The Hall–Kier alpha value is -1.83. The fraction of sp³-hybridized carbons (Fsp3) is 0.500. The first kappa shape index (κ1) is 16.6. The van der Waals surface area contributed by atoms with Gasteiger partial charge in [0, 0.05) is 43.8 Å². The standard InChI is InChI=1S/C18H22N4O2S/c1-21(9-15-4-2-3-5-19-15)17(23)18-12-22(8-14(18)11-24-13-18)10-16-20-6-7-25-16/h2-7,14H,8-13H2,1H3/t14-,18-/m1/s1. The number of aromatic nitrogens is 2. The Bertz CT molecular complexity index is 724. The summed E-state index contributed by atoms with van der Waals surface area (Å²) in [5, 5.41) is 3.10. The quantitative estimate of drug-likeness (QED) is 0.813. The van der Waals surface area contributed by atoms with Crippen LogP contribution in [0.5, 0.6) is 0 Å². The van der Waals surface area contributed by atoms with Gasteiger partial charge >= 0.3 is 0 Å². The molecule has 4 rings (SSSR count). The maximum absolute atomic E-state index is 13.3. The molecular formula is C18H22N4O2S. The van der Waals surface area contributed by atoms with Crippen LogP contribution in [0, 0.1) is 11.3 Å². The molecule has 2 saturated heterocycles. The fourth-order valence-corrected chi connectivity index (χ4v) is 4.63. The Morgan fingerprint density at radius 1 is 1.44 bits per heavy atom. The van der Waals surface area contributed by atoms with Crippen LogP contribution in [0.25, 0.3) is 0 Å². The van der Waals surface area contributed by atoms with Crippen LogP contribution < -0.4 is 0 Å². The summed E-state index contributed by atoms with van der Waals surface area (Å²) in [7, 11) is 1.87. The van der Waals surface area contributed by atoms with E-state index in [4.69, 9.17) is 4.74 Å². The van der Waals surface area contributed by atoms with Crippen molar-refractivity contribution in [1.29, 1.82) is 0 Å². The molecule has 6 nitrogen and oxygen atoms in total. The molecule has 0 aliphatic carbocycles. The molecule has 0 saturated carbocycles. The summed E-state index contributed by atoms with van der Waals surface area (Å²) in [6.07, 6.45) is 3.60. The average Bonchev–Trinajstić information content (AvgIpc) is 3.31. The molecule has 2 fully saturated rings. The highest BCUT2D eigenvalue weighted by atomic mass is 32.1. The highest BCUT2D eigenvalue weighted by Gasteiger charge is 2.56. The van der Waals surface area contributed by atoms with E-state index in [9.17, 15) is 4.79 Å². The van der Waals surface area contributed by atoms with Crippen LogP contribution in [-0.4, -0.2) is 59.0 Å². The van der Waals surface area contributed by atoms with Gasteiger partial charge in [-0.15, -0.1) is 11.3 Å². The molecule has 4 heterocycles. The Balaban J connectivity index is 1.47. The first-order valence-electron chi connectivity index (χ1n) is 8.51. The summed E-state index contributed by atoms with van der Waals surface area (Å²) in [5.41, 5.74) is 0.476. The third-order valence-corrected chi connectivity index (χ3v) is 5.95. The van der Waals surface area contributed by atoms with Crippen molar-refractivity contribution in [3.8, 4) is 0 Å². The number of nitrogens with zero attached hydrogens (tertiary/aromatic N) is 4.